The Balaban J connectivity index is 3.15. The van der Waals surface area contributed by atoms with Crippen LogP contribution in [-0.2, 0) is 0 Å². The monoisotopic (exact) mass is 332 g/mol. The molecule has 1 aromatic rings. The van der Waals surface area contributed by atoms with E-state index < -0.39 is 16.6 Å². The largest absolute Gasteiger partial charge is 0.338 e. The van der Waals surface area contributed by atoms with E-state index in [1.54, 1.807) is 0 Å². The van der Waals surface area contributed by atoms with Gasteiger partial charge < -0.3 is 4.90 Å². The fraction of sp³-hybridized carbons (Fsp3) is 0.417. The summed E-state index contributed by atoms with van der Waals surface area (Å²) in [7, 11) is 0. The minimum atomic E-state index is -0.676. The van der Waals surface area contributed by atoms with Crippen LogP contribution in [0.3, 0.4) is 0 Å². The fourth-order valence-corrected chi connectivity index (χ4v) is 2.12. The van der Waals surface area contributed by atoms with E-state index in [0.717, 1.165) is 24.6 Å². The maximum absolute atomic E-state index is 13.2. The molecule has 0 aliphatic carbocycles. The van der Waals surface area contributed by atoms with Gasteiger partial charge in [-0.2, -0.15) is 0 Å². The zero-order valence-corrected chi connectivity index (χ0v) is 12.0. The number of hydrogen-bond donors (Lipinski definition) is 0. The van der Waals surface area contributed by atoms with Crippen LogP contribution in [0.1, 0.15) is 23.7 Å². The van der Waals surface area contributed by atoms with Crippen molar-refractivity contribution in [3.63, 3.8) is 0 Å². The van der Waals surface area contributed by atoms with Crippen molar-refractivity contribution in [3.8, 4) is 0 Å². The molecule has 0 N–H and O–H groups in total. The average Bonchev–Trinajstić information content (AvgIpc) is 2.37. The summed E-state index contributed by atoms with van der Waals surface area (Å²) in [5, 5.41) is 11.4. The van der Waals surface area contributed by atoms with E-state index in [1.165, 1.54) is 4.90 Å². The number of nitrogens with zero attached hydrogens (tertiary/aromatic N) is 2. The fourth-order valence-electron chi connectivity index (χ4n) is 1.70. The third-order valence-corrected chi connectivity index (χ3v) is 2.88. The van der Waals surface area contributed by atoms with E-state index >= 15 is 0 Å². The topological polar surface area (TPSA) is 63.5 Å². The number of amides is 1. The van der Waals surface area contributed by atoms with Crippen LogP contribution in [0.15, 0.2) is 18.2 Å². The number of hydrogen-bond acceptors (Lipinski definition) is 3. The minimum absolute atomic E-state index is 0.209. The van der Waals surface area contributed by atoms with Crippen molar-refractivity contribution in [3.05, 3.63) is 39.7 Å². The van der Waals surface area contributed by atoms with Crippen molar-refractivity contribution >= 4 is 27.5 Å². The Bertz CT molecular complexity index is 476. The van der Waals surface area contributed by atoms with Gasteiger partial charge in [-0.15, -0.1) is 0 Å². The summed E-state index contributed by atoms with van der Waals surface area (Å²) in [5.41, 5.74) is -0.582. The molecule has 1 rings (SSSR count). The van der Waals surface area contributed by atoms with Gasteiger partial charge in [0.05, 0.1) is 4.92 Å². The third-order valence-electron chi connectivity index (χ3n) is 2.52. The smallest absolute Gasteiger partial charge is 0.282 e. The van der Waals surface area contributed by atoms with Crippen molar-refractivity contribution in [2.45, 2.75) is 13.3 Å². The van der Waals surface area contributed by atoms with Gasteiger partial charge in [-0.3, -0.25) is 14.9 Å². The molecule has 0 saturated heterocycles. The van der Waals surface area contributed by atoms with Crippen LogP contribution in [0.4, 0.5) is 10.1 Å². The van der Waals surface area contributed by atoms with Gasteiger partial charge in [0.15, 0.2) is 0 Å². The predicted octanol–water partition coefficient (Wildman–Crippen LogP) is 2.98. The molecular formula is C12H14BrFN2O3. The number of alkyl halides is 1. The first-order valence-corrected chi connectivity index (χ1v) is 6.92. The molecule has 1 aromatic carbocycles. The standard InChI is InChI=1S/C12H14BrFN2O3/c1-2-6-15(7-5-13)12(17)10-8-9(14)3-4-11(10)16(18)19/h3-4,8H,2,5-7H2,1H3. The van der Waals surface area contributed by atoms with Crippen molar-refractivity contribution < 1.29 is 14.1 Å². The zero-order chi connectivity index (χ0) is 14.4. The van der Waals surface area contributed by atoms with Crippen LogP contribution in [0.2, 0.25) is 0 Å². The molecular weight excluding hydrogens is 319 g/mol. The van der Waals surface area contributed by atoms with Crippen LogP contribution >= 0.6 is 15.9 Å². The number of carbonyl (C=O) groups excluding carboxylic acids is 1. The van der Waals surface area contributed by atoms with Crippen molar-refractivity contribution in [2.75, 3.05) is 18.4 Å². The highest BCUT2D eigenvalue weighted by Gasteiger charge is 2.24. The van der Waals surface area contributed by atoms with Crippen molar-refractivity contribution in [2.24, 2.45) is 0 Å². The molecule has 0 spiro atoms. The molecule has 5 nitrogen and oxygen atoms in total. The van der Waals surface area contributed by atoms with Gasteiger partial charge in [0, 0.05) is 24.5 Å². The Morgan fingerprint density at radius 3 is 2.68 bits per heavy atom. The number of benzene rings is 1. The summed E-state index contributed by atoms with van der Waals surface area (Å²) < 4.78 is 13.2. The quantitative estimate of drug-likeness (QED) is 0.457. The van der Waals surface area contributed by atoms with Crippen LogP contribution in [0, 0.1) is 15.9 Å². The van der Waals surface area contributed by atoms with Gasteiger partial charge in [0.2, 0.25) is 0 Å². The molecule has 19 heavy (non-hydrogen) atoms. The molecule has 0 radical (unpaired) electrons. The summed E-state index contributed by atoms with van der Waals surface area (Å²) in [6.07, 6.45) is 0.724. The van der Waals surface area contributed by atoms with E-state index in [2.05, 4.69) is 15.9 Å². The summed E-state index contributed by atoms with van der Waals surface area (Å²) in [4.78, 5) is 23.9. The molecule has 0 heterocycles. The molecule has 0 aromatic heterocycles. The second-order valence-electron chi connectivity index (χ2n) is 3.90. The Morgan fingerprint density at radius 1 is 1.47 bits per heavy atom. The molecule has 0 bridgehead atoms. The number of halogens is 2. The molecule has 0 aliphatic heterocycles. The third kappa shape index (κ3) is 3.99. The Hall–Kier alpha value is -1.50. The number of rotatable bonds is 6. The summed E-state index contributed by atoms with van der Waals surface area (Å²) >= 11 is 3.22. The van der Waals surface area contributed by atoms with Crippen LogP contribution in [0.5, 0.6) is 0 Å². The molecule has 104 valence electrons. The molecule has 7 heteroatoms. The van der Waals surface area contributed by atoms with Crippen LogP contribution < -0.4 is 0 Å². The van der Waals surface area contributed by atoms with E-state index in [0.29, 0.717) is 18.4 Å². The second kappa shape index (κ2) is 7.18. The first kappa shape index (κ1) is 15.6. The van der Waals surface area contributed by atoms with Gasteiger partial charge >= 0.3 is 0 Å². The normalized spacial score (nSPS) is 10.3. The highest BCUT2D eigenvalue weighted by atomic mass is 79.9. The van der Waals surface area contributed by atoms with Crippen molar-refractivity contribution in [1.82, 2.24) is 4.90 Å². The lowest BCUT2D eigenvalue weighted by molar-refractivity contribution is -0.385. The molecule has 0 atom stereocenters. The first-order valence-electron chi connectivity index (χ1n) is 5.80. The molecule has 0 aliphatic rings. The lowest BCUT2D eigenvalue weighted by atomic mass is 10.1. The van der Waals surface area contributed by atoms with Gasteiger partial charge in [-0.25, -0.2) is 4.39 Å². The molecule has 0 saturated carbocycles. The van der Waals surface area contributed by atoms with Gasteiger partial charge in [0.25, 0.3) is 11.6 Å². The van der Waals surface area contributed by atoms with Crippen LogP contribution in [-0.4, -0.2) is 34.2 Å². The lowest BCUT2D eigenvalue weighted by Gasteiger charge is -2.20. The number of nitro benzene ring substituents is 1. The average molecular weight is 333 g/mol. The molecule has 1 amide bonds. The van der Waals surface area contributed by atoms with Crippen LogP contribution in [0.25, 0.3) is 0 Å². The first-order chi connectivity index (χ1) is 9.01. The summed E-state index contributed by atoms with van der Waals surface area (Å²) in [5.74, 6) is -1.18. The van der Waals surface area contributed by atoms with Gasteiger partial charge in [0.1, 0.15) is 11.4 Å². The van der Waals surface area contributed by atoms with E-state index in [9.17, 15) is 19.3 Å². The Morgan fingerprint density at radius 2 is 2.16 bits per heavy atom. The SMILES string of the molecule is CCCN(CCBr)C(=O)c1cc(F)ccc1[N+](=O)[O-]. The number of nitro groups is 1. The Labute approximate surface area is 118 Å². The lowest BCUT2D eigenvalue weighted by Crippen LogP contribution is -2.33. The maximum atomic E-state index is 13.2. The molecule has 0 fully saturated rings. The molecule has 0 unspecified atom stereocenters. The minimum Gasteiger partial charge on any atom is -0.338 e. The zero-order valence-electron chi connectivity index (χ0n) is 10.4. The maximum Gasteiger partial charge on any atom is 0.282 e. The number of carbonyl (C=O) groups is 1. The second-order valence-corrected chi connectivity index (χ2v) is 4.69. The highest BCUT2D eigenvalue weighted by molar-refractivity contribution is 9.09. The van der Waals surface area contributed by atoms with Crippen molar-refractivity contribution in [1.29, 1.82) is 0 Å². The predicted molar refractivity (Wildman–Crippen MR) is 73.0 cm³/mol. The summed E-state index contributed by atoms with van der Waals surface area (Å²) in [6, 6.07) is 2.90. The van der Waals surface area contributed by atoms with Gasteiger partial charge in [-0.1, -0.05) is 22.9 Å². The highest BCUT2D eigenvalue weighted by Crippen LogP contribution is 2.21. The van der Waals surface area contributed by atoms with E-state index in [4.69, 9.17) is 0 Å². The summed E-state index contributed by atoms with van der Waals surface area (Å²) in [6.45, 7) is 2.78. The van der Waals surface area contributed by atoms with E-state index in [-0.39, 0.29) is 11.3 Å². The Kier molecular flexibility index (Phi) is 5.88. The van der Waals surface area contributed by atoms with E-state index in [1.807, 2.05) is 6.92 Å². The van der Waals surface area contributed by atoms with Gasteiger partial charge in [-0.05, 0) is 18.6 Å².